The molecule has 1 heterocycles. The van der Waals surface area contributed by atoms with E-state index in [4.69, 9.17) is 16.3 Å². The largest absolute Gasteiger partial charge is 0.373 e. The SMILES string of the molecule is C=CCCCOCC(=O)c1ccc(Cl)s1. The molecule has 0 atom stereocenters. The Labute approximate surface area is 98.5 Å². The lowest BCUT2D eigenvalue weighted by atomic mass is 10.3. The number of thiophene rings is 1. The molecule has 0 aromatic carbocycles. The van der Waals surface area contributed by atoms with Gasteiger partial charge in [-0.05, 0) is 25.0 Å². The van der Waals surface area contributed by atoms with E-state index in [0.29, 0.717) is 15.8 Å². The second-order valence-corrected chi connectivity index (χ2v) is 4.73. The summed E-state index contributed by atoms with van der Waals surface area (Å²) in [7, 11) is 0. The molecule has 0 bridgehead atoms. The first-order chi connectivity index (χ1) is 7.24. The monoisotopic (exact) mass is 244 g/mol. The minimum absolute atomic E-state index is 0.00879. The Morgan fingerprint density at radius 3 is 3.00 bits per heavy atom. The van der Waals surface area contributed by atoms with Crippen molar-refractivity contribution in [1.29, 1.82) is 0 Å². The predicted molar refractivity (Wildman–Crippen MR) is 63.9 cm³/mol. The number of ketones is 1. The Morgan fingerprint density at radius 1 is 1.60 bits per heavy atom. The number of hydrogen-bond donors (Lipinski definition) is 0. The minimum Gasteiger partial charge on any atom is -0.373 e. The van der Waals surface area contributed by atoms with Crippen molar-refractivity contribution in [2.45, 2.75) is 12.8 Å². The standard InChI is InChI=1S/C11H13ClO2S/c1-2-3-4-7-14-8-9(13)10-5-6-11(12)15-10/h2,5-6H,1,3-4,7-8H2. The van der Waals surface area contributed by atoms with Gasteiger partial charge in [0, 0.05) is 6.61 Å². The number of ether oxygens (including phenoxy) is 1. The molecule has 1 rings (SSSR count). The summed E-state index contributed by atoms with van der Waals surface area (Å²) in [6.45, 7) is 4.34. The Hall–Kier alpha value is -0.640. The molecule has 0 radical (unpaired) electrons. The Kier molecular flexibility index (Phi) is 5.61. The minimum atomic E-state index is -0.00879. The molecule has 15 heavy (non-hydrogen) atoms. The third-order valence-corrected chi connectivity index (χ3v) is 3.05. The van der Waals surface area contributed by atoms with Crippen molar-refractivity contribution in [2.75, 3.05) is 13.2 Å². The van der Waals surface area contributed by atoms with Gasteiger partial charge in [0.05, 0.1) is 9.21 Å². The van der Waals surface area contributed by atoms with E-state index in [0.717, 1.165) is 12.8 Å². The van der Waals surface area contributed by atoms with Gasteiger partial charge in [0.2, 0.25) is 0 Å². The van der Waals surface area contributed by atoms with Crippen LogP contribution in [0.4, 0.5) is 0 Å². The lowest BCUT2D eigenvalue weighted by molar-refractivity contribution is 0.0761. The molecule has 0 N–H and O–H groups in total. The molecule has 0 aliphatic carbocycles. The Bertz CT molecular complexity index is 333. The van der Waals surface area contributed by atoms with Crippen LogP contribution in [0.15, 0.2) is 24.8 Å². The molecule has 0 saturated heterocycles. The lowest BCUT2D eigenvalue weighted by Crippen LogP contribution is -2.08. The molecule has 0 aliphatic rings. The molecule has 0 aliphatic heterocycles. The van der Waals surface area contributed by atoms with E-state index in [-0.39, 0.29) is 12.4 Å². The van der Waals surface area contributed by atoms with Gasteiger partial charge < -0.3 is 4.74 Å². The molecule has 82 valence electrons. The zero-order valence-corrected chi connectivity index (χ0v) is 9.94. The topological polar surface area (TPSA) is 26.3 Å². The summed E-state index contributed by atoms with van der Waals surface area (Å²) >= 11 is 7.01. The van der Waals surface area contributed by atoms with E-state index in [2.05, 4.69) is 6.58 Å². The van der Waals surface area contributed by atoms with E-state index in [1.807, 2.05) is 6.08 Å². The molecular weight excluding hydrogens is 232 g/mol. The zero-order valence-electron chi connectivity index (χ0n) is 8.37. The normalized spacial score (nSPS) is 10.2. The second-order valence-electron chi connectivity index (χ2n) is 3.01. The van der Waals surface area contributed by atoms with Crippen LogP contribution in [0, 0.1) is 0 Å². The highest BCUT2D eigenvalue weighted by atomic mass is 35.5. The molecule has 0 amide bonds. The number of allylic oxidation sites excluding steroid dienone is 1. The van der Waals surface area contributed by atoms with Gasteiger partial charge in [-0.15, -0.1) is 17.9 Å². The number of carbonyl (C=O) groups excluding carboxylic acids is 1. The van der Waals surface area contributed by atoms with E-state index in [9.17, 15) is 4.79 Å². The summed E-state index contributed by atoms with van der Waals surface area (Å²) in [4.78, 5) is 12.2. The van der Waals surface area contributed by atoms with E-state index in [1.54, 1.807) is 12.1 Å². The summed E-state index contributed by atoms with van der Waals surface area (Å²) in [5, 5.41) is 0. The maximum absolute atomic E-state index is 11.5. The zero-order chi connectivity index (χ0) is 11.1. The fourth-order valence-corrected chi connectivity index (χ4v) is 2.00. The highest BCUT2D eigenvalue weighted by Gasteiger charge is 2.08. The van der Waals surface area contributed by atoms with Gasteiger partial charge in [-0.3, -0.25) is 4.79 Å². The van der Waals surface area contributed by atoms with E-state index in [1.165, 1.54) is 11.3 Å². The van der Waals surface area contributed by atoms with Gasteiger partial charge in [-0.25, -0.2) is 0 Å². The maximum Gasteiger partial charge on any atom is 0.198 e. The molecule has 2 nitrogen and oxygen atoms in total. The summed E-state index contributed by atoms with van der Waals surface area (Å²) in [6.07, 6.45) is 3.66. The van der Waals surface area contributed by atoms with Crippen molar-refractivity contribution in [1.82, 2.24) is 0 Å². The lowest BCUT2D eigenvalue weighted by Gasteiger charge is -2.00. The Balaban J connectivity index is 2.22. The molecule has 0 spiro atoms. The summed E-state index contributed by atoms with van der Waals surface area (Å²) < 4.78 is 5.86. The number of Topliss-reactive ketones (excluding diaryl/α,β-unsaturated/α-hetero) is 1. The first-order valence-electron chi connectivity index (χ1n) is 4.71. The molecule has 1 aromatic heterocycles. The molecule has 4 heteroatoms. The van der Waals surface area contributed by atoms with E-state index < -0.39 is 0 Å². The van der Waals surface area contributed by atoms with Gasteiger partial charge in [-0.2, -0.15) is 0 Å². The van der Waals surface area contributed by atoms with Gasteiger partial charge in [0.25, 0.3) is 0 Å². The average molecular weight is 245 g/mol. The summed E-state index contributed by atoms with van der Waals surface area (Å²) in [6, 6.07) is 3.44. The number of carbonyl (C=O) groups is 1. The van der Waals surface area contributed by atoms with E-state index >= 15 is 0 Å². The van der Waals surface area contributed by atoms with Crippen LogP contribution in [0.3, 0.4) is 0 Å². The van der Waals surface area contributed by atoms with Crippen molar-refractivity contribution >= 4 is 28.7 Å². The molecule has 0 unspecified atom stereocenters. The highest BCUT2D eigenvalue weighted by molar-refractivity contribution is 7.18. The Morgan fingerprint density at radius 2 is 2.40 bits per heavy atom. The van der Waals surface area contributed by atoms with Crippen LogP contribution in [-0.4, -0.2) is 19.0 Å². The van der Waals surface area contributed by atoms with Gasteiger partial charge in [0.15, 0.2) is 5.78 Å². The number of rotatable bonds is 7. The molecule has 1 aromatic rings. The van der Waals surface area contributed by atoms with Crippen molar-refractivity contribution in [2.24, 2.45) is 0 Å². The van der Waals surface area contributed by atoms with Crippen LogP contribution in [0.2, 0.25) is 4.34 Å². The smallest absolute Gasteiger partial charge is 0.198 e. The number of halogens is 1. The van der Waals surface area contributed by atoms with Crippen molar-refractivity contribution < 1.29 is 9.53 Å². The third-order valence-electron chi connectivity index (χ3n) is 1.78. The first-order valence-corrected chi connectivity index (χ1v) is 5.90. The van der Waals surface area contributed by atoms with Crippen LogP contribution in [0.25, 0.3) is 0 Å². The van der Waals surface area contributed by atoms with Gasteiger partial charge in [0.1, 0.15) is 6.61 Å². The van der Waals surface area contributed by atoms with Crippen molar-refractivity contribution in [3.63, 3.8) is 0 Å². The van der Waals surface area contributed by atoms with Crippen LogP contribution in [-0.2, 0) is 4.74 Å². The average Bonchev–Trinajstić information content (AvgIpc) is 2.64. The predicted octanol–water partition coefficient (Wildman–Crippen LogP) is 3.57. The fourth-order valence-electron chi connectivity index (χ4n) is 1.03. The quantitative estimate of drug-likeness (QED) is 0.416. The van der Waals surface area contributed by atoms with Crippen LogP contribution in [0.1, 0.15) is 22.5 Å². The highest BCUT2D eigenvalue weighted by Crippen LogP contribution is 2.21. The maximum atomic E-state index is 11.5. The van der Waals surface area contributed by atoms with Crippen LogP contribution in [0.5, 0.6) is 0 Å². The number of hydrogen-bond acceptors (Lipinski definition) is 3. The fraction of sp³-hybridized carbons (Fsp3) is 0.364. The molecule has 0 fully saturated rings. The van der Waals surface area contributed by atoms with Crippen molar-refractivity contribution in [3.05, 3.63) is 34.0 Å². The molecule has 0 saturated carbocycles. The number of unbranched alkanes of at least 4 members (excludes halogenated alkanes) is 1. The summed E-state index contributed by atoms with van der Waals surface area (Å²) in [5.41, 5.74) is 0. The van der Waals surface area contributed by atoms with Crippen LogP contribution >= 0.6 is 22.9 Å². The molecular formula is C11H13ClO2S. The third kappa shape index (κ3) is 4.60. The van der Waals surface area contributed by atoms with Crippen LogP contribution < -0.4 is 0 Å². The summed E-state index contributed by atoms with van der Waals surface area (Å²) in [5.74, 6) is -0.00879. The second kappa shape index (κ2) is 6.77. The van der Waals surface area contributed by atoms with Gasteiger partial charge in [-0.1, -0.05) is 17.7 Å². The first kappa shape index (κ1) is 12.4. The van der Waals surface area contributed by atoms with Gasteiger partial charge >= 0.3 is 0 Å². The van der Waals surface area contributed by atoms with Crippen molar-refractivity contribution in [3.8, 4) is 0 Å².